The Balaban J connectivity index is 2.73. The molecule has 1 saturated heterocycles. The molecule has 3 N–H and O–H groups in total. The Morgan fingerprint density at radius 1 is 0.493 bits per heavy atom. The van der Waals surface area contributed by atoms with E-state index in [1.807, 2.05) is 12.2 Å². The van der Waals surface area contributed by atoms with Gasteiger partial charge in [0.1, 0.15) is 18.8 Å². The number of carboxylic acid groups (broad SMARTS) is 1. The van der Waals surface area contributed by atoms with E-state index in [4.69, 9.17) is 23.7 Å². The second-order valence-corrected chi connectivity index (χ2v) is 18.1. The number of ether oxygens (including phenoxy) is 5. The van der Waals surface area contributed by atoms with Crippen molar-refractivity contribution in [3.05, 3.63) is 72.9 Å². The Morgan fingerprint density at radius 2 is 0.913 bits per heavy atom. The molecule has 0 aromatic rings. The molecule has 1 heterocycles. The van der Waals surface area contributed by atoms with E-state index in [1.54, 1.807) is 0 Å². The van der Waals surface area contributed by atoms with Crippen LogP contribution in [0.15, 0.2) is 72.9 Å². The summed E-state index contributed by atoms with van der Waals surface area (Å²) in [6.45, 7) is 5.75. The molecule has 6 atom stereocenters. The average molecular weight is 971 g/mol. The van der Waals surface area contributed by atoms with Gasteiger partial charge >= 0.3 is 23.9 Å². The summed E-state index contributed by atoms with van der Waals surface area (Å²) in [5, 5.41) is 31.3. The molecular weight excluding hydrogens is 877 g/mol. The average Bonchev–Trinajstić information content (AvgIpc) is 3.33. The van der Waals surface area contributed by atoms with Crippen LogP contribution in [-0.2, 0) is 42.9 Å². The van der Waals surface area contributed by atoms with Gasteiger partial charge in [0.05, 0.1) is 6.61 Å². The van der Waals surface area contributed by atoms with Crippen LogP contribution < -0.4 is 0 Å². The second-order valence-electron chi connectivity index (χ2n) is 18.1. The number of carbonyl (C=O) groups excluding carboxylic acids is 3. The van der Waals surface area contributed by atoms with Gasteiger partial charge < -0.3 is 39.0 Å². The summed E-state index contributed by atoms with van der Waals surface area (Å²) < 4.78 is 28.2. The van der Waals surface area contributed by atoms with Crippen LogP contribution in [0.1, 0.15) is 213 Å². The minimum atomic E-state index is -1.91. The minimum Gasteiger partial charge on any atom is -0.479 e. The first-order chi connectivity index (χ1) is 33.6. The summed E-state index contributed by atoms with van der Waals surface area (Å²) in [6, 6.07) is 0. The molecule has 1 rings (SSSR count). The third-order valence-corrected chi connectivity index (χ3v) is 11.8. The molecule has 0 amide bonds. The fourth-order valence-corrected chi connectivity index (χ4v) is 7.69. The van der Waals surface area contributed by atoms with Crippen LogP contribution in [0.5, 0.6) is 0 Å². The predicted molar refractivity (Wildman–Crippen MR) is 275 cm³/mol. The van der Waals surface area contributed by atoms with Gasteiger partial charge in [0.15, 0.2) is 24.6 Å². The molecule has 0 aromatic heterocycles. The number of allylic oxidation sites excluding steroid dienone is 12. The first-order valence-electron chi connectivity index (χ1n) is 26.9. The number of rotatable bonds is 44. The van der Waals surface area contributed by atoms with E-state index in [9.17, 15) is 34.5 Å². The Kier molecular flexibility index (Phi) is 41.5. The van der Waals surface area contributed by atoms with Crippen LogP contribution in [0.2, 0.25) is 0 Å². The first kappa shape index (κ1) is 63.2. The second kappa shape index (κ2) is 45.3. The first-order valence-corrected chi connectivity index (χ1v) is 26.9. The van der Waals surface area contributed by atoms with Crippen LogP contribution in [0, 0.1) is 0 Å². The molecule has 12 heteroatoms. The maximum Gasteiger partial charge on any atom is 0.335 e. The predicted octanol–water partition coefficient (Wildman–Crippen LogP) is 13.0. The van der Waals surface area contributed by atoms with Gasteiger partial charge in [-0.3, -0.25) is 14.4 Å². The number of unbranched alkanes of at least 4 members (excludes halogenated alkanes) is 18. The lowest BCUT2D eigenvalue weighted by Gasteiger charge is -2.40. The highest BCUT2D eigenvalue weighted by atomic mass is 16.7. The number of hydrogen-bond acceptors (Lipinski definition) is 11. The third-order valence-electron chi connectivity index (χ3n) is 11.8. The van der Waals surface area contributed by atoms with Crippen molar-refractivity contribution in [2.45, 2.75) is 250 Å². The van der Waals surface area contributed by atoms with Crippen molar-refractivity contribution in [1.82, 2.24) is 0 Å². The number of esters is 3. The largest absolute Gasteiger partial charge is 0.479 e. The number of aliphatic hydroxyl groups is 2. The molecule has 1 aliphatic heterocycles. The van der Waals surface area contributed by atoms with Gasteiger partial charge in [-0.15, -0.1) is 0 Å². The number of carbonyl (C=O) groups is 4. The topological polar surface area (TPSA) is 175 Å². The molecule has 1 aliphatic rings. The Bertz CT molecular complexity index is 1480. The molecule has 0 radical (unpaired) electrons. The van der Waals surface area contributed by atoms with Crippen molar-refractivity contribution in [2.75, 3.05) is 13.2 Å². The molecule has 12 nitrogen and oxygen atoms in total. The fourth-order valence-electron chi connectivity index (χ4n) is 7.69. The van der Waals surface area contributed by atoms with E-state index in [2.05, 4.69) is 81.5 Å². The van der Waals surface area contributed by atoms with Crippen molar-refractivity contribution >= 4 is 23.9 Å². The number of aliphatic hydroxyl groups excluding tert-OH is 2. The zero-order valence-corrected chi connectivity index (χ0v) is 43.0. The zero-order chi connectivity index (χ0) is 50.4. The zero-order valence-electron chi connectivity index (χ0n) is 43.0. The molecule has 0 spiro atoms. The van der Waals surface area contributed by atoms with Gasteiger partial charge in [-0.1, -0.05) is 209 Å². The number of carboxylic acids is 1. The molecule has 0 aromatic carbocycles. The van der Waals surface area contributed by atoms with E-state index in [-0.39, 0.29) is 25.9 Å². The standard InChI is InChI=1S/C57H94O12/c1-4-7-10-13-16-19-21-22-23-24-25-26-27-28-30-32-34-37-40-43-49(58)65-46-48(67-50(59)44-41-38-35-31-18-15-12-9-6-3)47-66-57-55(53(62)52(61)54(69-57)56(63)64)68-51(60)45-42-39-36-33-29-20-17-14-11-8-5-2/h7,10,16,19,22-23,25-26,28,30,34,37,48,52-55,57,61-62H,4-6,8-9,11-15,17-18,20-21,24,27,29,31-33,35-36,38-47H2,1-3H3,(H,63,64)/b10-7-,19-16-,23-22-,26-25-,30-28-,37-34-. The van der Waals surface area contributed by atoms with Gasteiger partial charge in [-0.05, 0) is 57.8 Å². The summed E-state index contributed by atoms with van der Waals surface area (Å²) in [4.78, 5) is 50.7. The molecule has 0 saturated carbocycles. The van der Waals surface area contributed by atoms with Crippen molar-refractivity contribution in [3.8, 4) is 0 Å². The number of hydrogen-bond donors (Lipinski definition) is 3. The van der Waals surface area contributed by atoms with Crippen molar-refractivity contribution in [1.29, 1.82) is 0 Å². The number of aliphatic carboxylic acids is 1. The monoisotopic (exact) mass is 971 g/mol. The normalized spacial score (nSPS) is 19.2. The summed E-state index contributed by atoms with van der Waals surface area (Å²) >= 11 is 0. The van der Waals surface area contributed by atoms with E-state index >= 15 is 0 Å². The lowest BCUT2D eigenvalue weighted by atomic mass is 9.98. The molecule has 0 bridgehead atoms. The molecule has 0 aliphatic carbocycles. The summed E-state index contributed by atoms with van der Waals surface area (Å²) in [5.41, 5.74) is 0. The lowest BCUT2D eigenvalue weighted by Crippen LogP contribution is -2.61. The van der Waals surface area contributed by atoms with Crippen LogP contribution in [0.4, 0.5) is 0 Å². The SMILES string of the molecule is CC/C=C\C/C=C\C/C=C\C/C=C\C/C=C\C/C=C\CCC(=O)OCC(COC1OC(C(=O)O)C(O)C(O)C1OC(=O)CCCCCCCCCCCCC)OC(=O)CCCCCCCCCCC. The fraction of sp³-hybridized carbons (Fsp3) is 0.719. The maximum absolute atomic E-state index is 13.0. The summed E-state index contributed by atoms with van der Waals surface area (Å²) in [5.74, 6) is -3.23. The molecule has 69 heavy (non-hydrogen) atoms. The van der Waals surface area contributed by atoms with Crippen LogP contribution in [-0.4, -0.2) is 89.2 Å². The molecule has 1 fully saturated rings. The van der Waals surface area contributed by atoms with E-state index in [1.165, 1.54) is 70.6 Å². The third kappa shape index (κ3) is 35.8. The lowest BCUT2D eigenvalue weighted by molar-refractivity contribution is -0.301. The van der Waals surface area contributed by atoms with Gasteiger partial charge in [0, 0.05) is 19.3 Å². The van der Waals surface area contributed by atoms with Gasteiger partial charge in [-0.25, -0.2) is 4.79 Å². The van der Waals surface area contributed by atoms with Crippen molar-refractivity contribution in [2.24, 2.45) is 0 Å². The highest BCUT2D eigenvalue weighted by Crippen LogP contribution is 2.26. The smallest absolute Gasteiger partial charge is 0.335 e. The van der Waals surface area contributed by atoms with E-state index in [0.717, 1.165) is 83.5 Å². The van der Waals surface area contributed by atoms with E-state index in [0.29, 0.717) is 19.3 Å². The van der Waals surface area contributed by atoms with Gasteiger partial charge in [0.2, 0.25) is 0 Å². The molecule has 6 unspecified atom stereocenters. The van der Waals surface area contributed by atoms with Crippen LogP contribution in [0.25, 0.3) is 0 Å². The van der Waals surface area contributed by atoms with E-state index < -0.39 is 67.3 Å². The summed E-state index contributed by atoms with van der Waals surface area (Å²) in [6.07, 6.45) is 43.5. The quantitative estimate of drug-likeness (QED) is 0.0228. The molecular formula is C57H94O12. The summed E-state index contributed by atoms with van der Waals surface area (Å²) in [7, 11) is 0. The Labute approximate surface area is 417 Å². The Hall–Kier alpha value is -3.84. The van der Waals surface area contributed by atoms with Crippen LogP contribution >= 0.6 is 0 Å². The molecule has 394 valence electrons. The minimum absolute atomic E-state index is 0.0546. The van der Waals surface area contributed by atoms with Gasteiger partial charge in [0.25, 0.3) is 0 Å². The van der Waals surface area contributed by atoms with Gasteiger partial charge in [-0.2, -0.15) is 0 Å². The van der Waals surface area contributed by atoms with Crippen molar-refractivity contribution < 1.29 is 58.2 Å². The maximum atomic E-state index is 13.0. The van der Waals surface area contributed by atoms with Crippen molar-refractivity contribution in [3.63, 3.8) is 0 Å². The Morgan fingerprint density at radius 3 is 1.36 bits per heavy atom. The highest BCUT2D eigenvalue weighted by molar-refractivity contribution is 5.74. The highest BCUT2D eigenvalue weighted by Gasteiger charge is 2.50. The van der Waals surface area contributed by atoms with Crippen LogP contribution in [0.3, 0.4) is 0 Å².